The van der Waals surface area contributed by atoms with Gasteiger partial charge in [0, 0.05) is 22.2 Å². The minimum absolute atomic E-state index is 0.120. The van der Waals surface area contributed by atoms with Crippen LogP contribution in [0.25, 0.3) is 22.2 Å². The number of rotatable bonds is 9. The minimum atomic E-state index is -0.494. The lowest BCUT2D eigenvalue weighted by molar-refractivity contribution is -0.115. The van der Waals surface area contributed by atoms with Crippen molar-refractivity contribution in [2.24, 2.45) is 0 Å². The Bertz CT molecular complexity index is 1560. The first-order valence-corrected chi connectivity index (χ1v) is 12.2. The summed E-state index contributed by atoms with van der Waals surface area (Å²) in [5, 5.41) is 6.22. The van der Waals surface area contributed by atoms with Crippen molar-refractivity contribution in [2.45, 2.75) is 6.92 Å². The fraction of sp³-hybridized carbons (Fsp3) is 0.172. The Hall–Kier alpha value is -4.63. The van der Waals surface area contributed by atoms with Crippen molar-refractivity contribution in [1.29, 1.82) is 0 Å². The molecule has 39 heavy (non-hydrogen) atoms. The lowest BCUT2D eigenvalue weighted by Crippen LogP contribution is -2.33. The number of methoxy groups -OCH3 is 3. The number of aromatic nitrogens is 1. The molecule has 4 rings (SSSR count). The molecule has 0 aliphatic heterocycles. The van der Waals surface area contributed by atoms with Gasteiger partial charge >= 0.3 is 0 Å². The van der Waals surface area contributed by atoms with Gasteiger partial charge in [-0.25, -0.2) is 4.98 Å². The van der Waals surface area contributed by atoms with Gasteiger partial charge in [-0.3, -0.25) is 14.4 Å². The van der Waals surface area contributed by atoms with Gasteiger partial charge < -0.3 is 24.8 Å². The molecule has 0 unspecified atom stereocenters. The van der Waals surface area contributed by atoms with Gasteiger partial charge in [0.15, 0.2) is 17.3 Å². The summed E-state index contributed by atoms with van der Waals surface area (Å²) in [6.45, 7) is 1.14. The number of pyridine rings is 1. The van der Waals surface area contributed by atoms with Gasteiger partial charge in [-0.1, -0.05) is 35.9 Å². The first-order chi connectivity index (χ1) is 18.7. The molecule has 3 aromatic carbocycles. The largest absolute Gasteiger partial charge is 0.493 e. The van der Waals surface area contributed by atoms with E-state index in [-0.39, 0.29) is 17.9 Å². The van der Waals surface area contributed by atoms with E-state index < -0.39 is 11.8 Å². The summed E-state index contributed by atoms with van der Waals surface area (Å²) in [5.74, 6) is 0.191. The van der Waals surface area contributed by atoms with E-state index in [2.05, 4.69) is 10.6 Å². The van der Waals surface area contributed by atoms with Crippen molar-refractivity contribution in [2.75, 3.05) is 33.2 Å². The molecule has 0 saturated heterocycles. The third kappa shape index (κ3) is 5.94. The maximum Gasteiger partial charge on any atom is 0.252 e. The Balaban J connectivity index is 1.66. The van der Waals surface area contributed by atoms with Crippen molar-refractivity contribution in [3.8, 4) is 28.5 Å². The van der Waals surface area contributed by atoms with Gasteiger partial charge in [0.05, 0.1) is 49.7 Å². The number of ether oxygens (including phenoxy) is 3. The second kappa shape index (κ2) is 11.8. The Labute approximate surface area is 230 Å². The van der Waals surface area contributed by atoms with Gasteiger partial charge in [0.25, 0.3) is 5.91 Å². The molecule has 0 atom stereocenters. The first kappa shape index (κ1) is 27.4. The Morgan fingerprint density at radius 2 is 1.59 bits per heavy atom. The summed E-state index contributed by atoms with van der Waals surface area (Å²) in [4.78, 5) is 42.2. The highest BCUT2D eigenvalue weighted by atomic mass is 35.5. The van der Waals surface area contributed by atoms with Crippen LogP contribution in [0.3, 0.4) is 0 Å². The number of carbonyl (C=O) groups is 3. The number of hydrogen-bond donors (Lipinski definition) is 2. The summed E-state index contributed by atoms with van der Waals surface area (Å²) in [6.07, 6.45) is 0. The molecular formula is C29H26ClN3O6. The molecule has 200 valence electrons. The second-order valence-electron chi connectivity index (χ2n) is 8.47. The molecule has 0 fully saturated rings. The third-order valence-corrected chi connectivity index (χ3v) is 6.26. The molecule has 0 spiro atoms. The van der Waals surface area contributed by atoms with E-state index in [1.54, 1.807) is 60.7 Å². The van der Waals surface area contributed by atoms with Crippen LogP contribution in [0.1, 0.15) is 27.6 Å². The van der Waals surface area contributed by atoms with Gasteiger partial charge in [0.1, 0.15) is 0 Å². The summed E-state index contributed by atoms with van der Waals surface area (Å²) in [5.41, 5.74) is 2.65. The fourth-order valence-electron chi connectivity index (χ4n) is 4.06. The van der Waals surface area contributed by atoms with E-state index in [1.165, 1.54) is 28.3 Å². The highest BCUT2D eigenvalue weighted by molar-refractivity contribution is 6.35. The van der Waals surface area contributed by atoms with Crippen LogP contribution in [0.15, 0.2) is 60.7 Å². The zero-order valence-electron chi connectivity index (χ0n) is 21.8. The molecule has 0 aliphatic rings. The smallest absolute Gasteiger partial charge is 0.252 e. The summed E-state index contributed by atoms with van der Waals surface area (Å²) in [7, 11) is 4.52. The van der Waals surface area contributed by atoms with E-state index in [0.29, 0.717) is 55.7 Å². The Morgan fingerprint density at radius 1 is 0.897 bits per heavy atom. The second-order valence-corrected chi connectivity index (χ2v) is 8.88. The van der Waals surface area contributed by atoms with Crippen LogP contribution >= 0.6 is 11.6 Å². The van der Waals surface area contributed by atoms with Crippen LogP contribution < -0.4 is 24.8 Å². The van der Waals surface area contributed by atoms with E-state index in [9.17, 15) is 14.4 Å². The molecule has 1 aromatic heterocycles. The lowest BCUT2D eigenvalue weighted by Gasteiger charge is -2.15. The van der Waals surface area contributed by atoms with E-state index in [0.717, 1.165) is 0 Å². The molecule has 4 aromatic rings. The zero-order valence-corrected chi connectivity index (χ0v) is 22.5. The van der Waals surface area contributed by atoms with Crippen LogP contribution in [-0.2, 0) is 4.79 Å². The molecule has 9 nitrogen and oxygen atoms in total. The molecule has 2 amide bonds. The van der Waals surface area contributed by atoms with Crippen LogP contribution in [-0.4, -0.2) is 50.5 Å². The van der Waals surface area contributed by atoms with Crippen molar-refractivity contribution in [3.63, 3.8) is 0 Å². The number of carbonyl (C=O) groups excluding carboxylic acids is 3. The first-order valence-electron chi connectivity index (χ1n) is 11.8. The molecule has 0 radical (unpaired) electrons. The average Bonchev–Trinajstić information content (AvgIpc) is 2.94. The minimum Gasteiger partial charge on any atom is -0.493 e. The predicted octanol–water partition coefficient (Wildman–Crippen LogP) is 5.15. The van der Waals surface area contributed by atoms with E-state index >= 15 is 0 Å². The van der Waals surface area contributed by atoms with Crippen molar-refractivity contribution in [1.82, 2.24) is 10.3 Å². The van der Waals surface area contributed by atoms with Crippen LogP contribution in [0.5, 0.6) is 17.2 Å². The molecule has 0 aliphatic carbocycles. The number of hydrogen-bond acceptors (Lipinski definition) is 7. The standard InChI is InChI=1S/C29H26ClN3O6/c1-16(34)17-7-5-8-19(11-17)32-26(35)15-31-29(36)21-14-23(33-27-20(21)9-6-10-22(27)30)18-12-24(37-2)28(39-4)25(13-18)38-3/h5-14H,15H2,1-4H3,(H,31,36)(H,32,35). The molecule has 0 bridgehead atoms. The number of fused-ring (bicyclic) bond motifs is 1. The number of benzene rings is 3. The van der Waals surface area contributed by atoms with Gasteiger partial charge in [0.2, 0.25) is 11.7 Å². The summed E-state index contributed by atoms with van der Waals surface area (Å²) < 4.78 is 16.3. The monoisotopic (exact) mass is 547 g/mol. The van der Waals surface area contributed by atoms with Crippen LogP contribution in [0.2, 0.25) is 5.02 Å². The maximum atomic E-state index is 13.3. The number of para-hydroxylation sites is 1. The Kier molecular flexibility index (Phi) is 8.31. The topological polar surface area (TPSA) is 116 Å². The Morgan fingerprint density at radius 3 is 2.23 bits per heavy atom. The number of anilines is 1. The van der Waals surface area contributed by atoms with Crippen molar-refractivity contribution in [3.05, 3.63) is 76.8 Å². The molecule has 2 N–H and O–H groups in total. The third-order valence-electron chi connectivity index (χ3n) is 5.96. The highest BCUT2D eigenvalue weighted by Gasteiger charge is 2.19. The number of nitrogens with one attached hydrogen (secondary N) is 2. The highest BCUT2D eigenvalue weighted by Crippen LogP contribution is 2.41. The zero-order chi connectivity index (χ0) is 28.1. The molecule has 10 heteroatoms. The fourth-order valence-corrected chi connectivity index (χ4v) is 4.27. The van der Waals surface area contributed by atoms with Crippen LogP contribution in [0, 0.1) is 0 Å². The lowest BCUT2D eigenvalue weighted by atomic mass is 10.0. The molecular weight excluding hydrogens is 522 g/mol. The number of halogens is 1. The number of ketones is 1. The van der Waals surface area contributed by atoms with Gasteiger partial charge in [-0.05, 0) is 43.3 Å². The van der Waals surface area contributed by atoms with E-state index in [1.807, 2.05) is 0 Å². The van der Waals surface area contributed by atoms with Crippen molar-refractivity contribution < 1.29 is 28.6 Å². The van der Waals surface area contributed by atoms with Crippen LogP contribution in [0.4, 0.5) is 5.69 Å². The predicted molar refractivity (Wildman–Crippen MR) is 149 cm³/mol. The normalized spacial score (nSPS) is 10.6. The summed E-state index contributed by atoms with van der Waals surface area (Å²) >= 11 is 6.46. The molecule has 1 heterocycles. The quantitative estimate of drug-likeness (QED) is 0.278. The summed E-state index contributed by atoms with van der Waals surface area (Å²) in [6, 6.07) is 16.7. The number of Topliss-reactive ketones (excluding diaryl/α,β-unsaturated/α-hetero) is 1. The van der Waals surface area contributed by atoms with Gasteiger partial charge in [-0.15, -0.1) is 0 Å². The number of nitrogens with zero attached hydrogens (tertiary/aromatic N) is 1. The number of amides is 2. The average molecular weight is 548 g/mol. The van der Waals surface area contributed by atoms with Gasteiger partial charge in [-0.2, -0.15) is 0 Å². The van der Waals surface area contributed by atoms with E-state index in [4.69, 9.17) is 30.8 Å². The SMILES string of the molecule is COc1cc(-c2cc(C(=O)NCC(=O)Nc3cccc(C(C)=O)c3)c3cccc(Cl)c3n2)cc(OC)c1OC. The molecule has 0 saturated carbocycles. The maximum absolute atomic E-state index is 13.3. The van der Waals surface area contributed by atoms with Crippen molar-refractivity contribution >= 4 is 45.8 Å².